The normalized spacial score (nSPS) is 16.8. The number of rotatable bonds is 6. The number of benzene rings is 2. The largest absolute Gasteiger partial charge is 0.485 e. The van der Waals surface area contributed by atoms with Crippen LogP contribution in [0.25, 0.3) is 11.4 Å². The molecule has 4 heterocycles. The van der Waals surface area contributed by atoms with Gasteiger partial charge in [0.25, 0.3) is 11.7 Å². The molecule has 42 heavy (non-hydrogen) atoms. The summed E-state index contributed by atoms with van der Waals surface area (Å²) in [6, 6.07) is 11.4. The van der Waals surface area contributed by atoms with Crippen molar-refractivity contribution in [2.45, 2.75) is 6.92 Å². The number of quaternary nitrogens is 1. The van der Waals surface area contributed by atoms with Crippen molar-refractivity contribution in [3.63, 3.8) is 0 Å². The van der Waals surface area contributed by atoms with E-state index in [2.05, 4.69) is 10.6 Å². The third-order valence-electron chi connectivity index (χ3n) is 7.67. The second kappa shape index (κ2) is 11.4. The molecule has 2 saturated heterocycles. The topological polar surface area (TPSA) is 158 Å². The minimum absolute atomic E-state index is 0.213. The molecule has 6 rings (SSSR count). The molecule has 0 aliphatic carbocycles. The number of morpholine rings is 2. The van der Waals surface area contributed by atoms with E-state index in [0.717, 1.165) is 11.3 Å². The fourth-order valence-corrected chi connectivity index (χ4v) is 5.55. The summed E-state index contributed by atoms with van der Waals surface area (Å²) in [6.45, 7) is 5.94. The second-order valence-electron chi connectivity index (χ2n) is 10.2. The number of amides is 4. The van der Waals surface area contributed by atoms with Gasteiger partial charge in [0.2, 0.25) is 11.7 Å². The average molecular weight is 575 g/mol. The van der Waals surface area contributed by atoms with E-state index in [1.807, 2.05) is 25.1 Å². The predicted molar refractivity (Wildman–Crippen MR) is 155 cm³/mol. The van der Waals surface area contributed by atoms with E-state index in [0.29, 0.717) is 93.5 Å². The lowest BCUT2D eigenvalue weighted by molar-refractivity contribution is 0.0295. The Hall–Kier alpha value is -4.59. The maximum atomic E-state index is 13.8. The molecule has 2 aromatic carbocycles. The number of fused-ring (bicyclic) bond motifs is 7. The van der Waals surface area contributed by atoms with Gasteiger partial charge in [0.1, 0.15) is 18.8 Å². The third-order valence-corrected chi connectivity index (χ3v) is 7.67. The van der Waals surface area contributed by atoms with E-state index in [-0.39, 0.29) is 16.1 Å². The van der Waals surface area contributed by atoms with Gasteiger partial charge < -0.3 is 35.5 Å². The number of aromatic nitrogens is 2. The van der Waals surface area contributed by atoms with Gasteiger partial charge in [-0.25, -0.2) is 14.3 Å². The smallest absolute Gasteiger partial charge is 0.323 e. The third kappa shape index (κ3) is 5.02. The highest BCUT2D eigenvalue weighted by atomic mass is 16.5. The van der Waals surface area contributed by atoms with Gasteiger partial charge in [-0.15, -0.1) is 0 Å². The molecular formula is C29H32N7O6+. The fraction of sp³-hybridized carbons (Fsp3) is 0.345. The standard InChI is InChI=1S/C29H31N7O6/c1-2-42-24-23(28(38)35-9-13-40-14-10-35)33-26-19-5-8-21(22(17-19)36(27(24)34-26)11-15-41-16-12-36)32-29(39)31-20-6-3-18(4-7-20)25(30)37/h3-8,17H,2,9-16H2,1H3,(H3-,30,31,32,33,34,37,39)/p+1. The molecule has 0 radical (unpaired) electrons. The van der Waals surface area contributed by atoms with Crippen molar-refractivity contribution < 1.29 is 28.6 Å². The van der Waals surface area contributed by atoms with Crippen LogP contribution in [0, 0.1) is 0 Å². The number of nitrogens with two attached hydrogens (primary N) is 1. The lowest BCUT2D eigenvalue weighted by atomic mass is 10.1. The predicted octanol–water partition coefficient (Wildman–Crippen LogP) is 2.74. The number of carbonyl (C=O) groups excluding carboxylic acids is 3. The number of ether oxygens (including phenoxy) is 3. The highest BCUT2D eigenvalue weighted by Gasteiger charge is 2.46. The molecule has 13 heteroatoms. The van der Waals surface area contributed by atoms with Gasteiger partial charge in [0.15, 0.2) is 17.2 Å². The number of primary amides is 1. The first-order chi connectivity index (χ1) is 20.4. The van der Waals surface area contributed by atoms with Crippen LogP contribution in [0.5, 0.6) is 5.75 Å². The van der Waals surface area contributed by atoms with E-state index in [1.165, 1.54) is 0 Å². The Kier molecular flexibility index (Phi) is 7.45. The molecule has 13 nitrogen and oxygen atoms in total. The van der Waals surface area contributed by atoms with Crippen LogP contribution >= 0.6 is 0 Å². The van der Waals surface area contributed by atoms with E-state index in [9.17, 15) is 14.4 Å². The Morgan fingerprint density at radius 1 is 0.976 bits per heavy atom. The molecule has 0 saturated carbocycles. The molecule has 3 aliphatic rings. The first-order valence-electron chi connectivity index (χ1n) is 13.9. The summed E-state index contributed by atoms with van der Waals surface area (Å²) in [5.41, 5.74) is 8.46. The maximum Gasteiger partial charge on any atom is 0.323 e. The van der Waals surface area contributed by atoms with Crippen LogP contribution in [-0.4, -0.2) is 91.9 Å². The van der Waals surface area contributed by atoms with E-state index >= 15 is 0 Å². The number of nitrogens with one attached hydrogen (secondary N) is 2. The molecule has 3 aromatic rings. The van der Waals surface area contributed by atoms with Crippen LogP contribution < -0.4 is 25.6 Å². The molecule has 218 valence electrons. The molecule has 0 atom stereocenters. The van der Waals surface area contributed by atoms with Gasteiger partial charge >= 0.3 is 6.03 Å². The van der Waals surface area contributed by atoms with Crippen LogP contribution in [0.3, 0.4) is 0 Å². The number of hydrogen-bond acceptors (Lipinski definition) is 8. The monoisotopic (exact) mass is 574 g/mol. The van der Waals surface area contributed by atoms with E-state index in [4.69, 9.17) is 29.9 Å². The SMILES string of the molecule is CCOc1c(C(=O)N2CCOCC2)nc2nc1[N+]1(CCOCC1)c1cc-2ccc1NC(=O)Nc1ccc(C(N)=O)cc1. The van der Waals surface area contributed by atoms with Gasteiger partial charge in [-0.3, -0.25) is 9.59 Å². The highest BCUT2D eigenvalue weighted by Crippen LogP contribution is 2.49. The van der Waals surface area contributed by atoms with Crippen LogP contribution in [0.15, 0.2) is 42.5 Å². The molecule has 4 bridgehead atoms. The zero-order valence-corrected chi connectivity index (χ0v) is 23.2. The van der Waals surface area contributed by atoms with Gasteiger partial charge in [-0.1, -0.05) is 0 Å². The van der Waals surface area contributed by atoms with Crippen LogP contribution in [0.4, 0.5) is 27.7 Å². The molecular weight excluding hydrogens is 542 g/mol. The van der Waals surface area contributed by atoms with Crippen LogP contribution in [0.1, 0.15) is 27.8 Å². The minimum atomic E-state index is -0.547. The van der Waals surface area contributed by atoms with Crippen molar-refractivity contribution >= 4 is 40.7 Å². The quantitative estimate of drug-likeness (QED) is 0.379. The number of hydrogen-bond donors (Lipinski definition) is 3. The summed E-state index contributed by atoms with van der Waals surface area (Å²) in [6.07, 6.45) is 0. The Balaban J connectivity index is 1.40. The number of anilines is 2. The maximum absolute atomic E-state index is 13.8. The van der Waals surface area contributed by atoms with Gasteiger partial charge in [-0.2, -0.15) is 4.98 Å². The Morgan fingerprint density at radius 2 is 1.69 bits per heavy atom. The van der Waals surface area contributed by atoms with Gasteiger partial charge in [0.05, 0.1) is 33.0 Å². The first kappa shape index (κ1) is 27.6. The summed E-state index contributed by atoms with van der Waals surface area (Å²) >= 11 is 0. The van der Waals surface area contributed by atoms with Crippen molar-refractivity contribution in [2.24, 2.45) is 5.73 Å². The molecule has 3 aliphatic heterocycles. The Bertz CT molecular complexity index is 1530. The average Bonchev–Trinajstić information content (AvgIpc) is 3.09. The lowest BCUT2D eigenvalue weighted by Crippen LogP contribution is -2.53. The summed E-state index contributed by atoms with van der Waals surface area (Å²) in [5.74, 6) is 0.542. The molecule has 1 spiro atoms. The fourth-order valence-electron chi connectivity index (χ4n) is 5.55. The summed E-state index contributed by atoms with van der Waals surface area (Å²) < 4.78 is 17.6. The number of urea groups is 1. The number of carbonyl (C=O) groups is 3. The van der Waals surface area contributed by atoms with Crippen LogP contribution in [0.2, 0.25) is 0 Å². The summed E-state index contributed by atoms with van der Waals surface area (Å²) in [5, 5.41) is 5.78. The van der Waals surface area contributed by atoms with E-state index < -0.39 is 11.9 Å². The Labute approximate surface area is 242 Å². The summed E-state index contributed by atoms with van der Waals surface area (Å²) in [4.78, 5) is 49.8. The first-order valence-corrected chi connectivity index (χ1v) is 13.9. The minimum Gasteiger partial charge on any atom is -0.485 e. The van der Waals surface area contributed by atoms with Crippen molar-refractivity contribution in [2.75, 3.05) is 69.8 Å². The lowest BCUT2D eigenvalue weighted by Gasteiger charge is -2.40. The zero-order chi connectivity index (χ0) is 29.3. The summed E-state index contributed by atoms with van der Waals surface area (Å²) in [7, 11) is 0. The second-order valence-corrected chi connectivity index (χ2v) is 10.2. The van der Waals surface area contributed by atoms with Crippen LogP contribution in [-0.2, 0) is 9.47 Å². The van der Waals surface area contributed by atoms with Crippen molar-refractivity contribution in [1.29, 1.82) is 0 Å². The molecule has 0 unspecified atom stereocenters. The van der Waals surface area contributed by atoms with Gasteiger partial charge in [-0.05, 0) is 43.3 Å². The zero-order valence-electron chi connectivity index (χ0n) is 23.2. The van der Waals surface area contributed by atoms with E-state index in [1.54, 1.807) is 29.2 Å². The molecule has 4 amide bonds. The highest BCUT2D eigenvalue weighted by molar-refractivity contribution is 6.03. The number of nitrogens with zero attached hydrogens (tertiary/aromatic N) is 4. The van der Waals surface area contributed by atoms with Gasteiger partial charge in [0, 0.05) is 36.0 Å². The Morgan fingerprint density at radius 3 is 2.38 bits per heavy atom. The molecule has 1 aromatic heterocycles. The molecule has 2 fully saturated rings. The van der Waals surface area contributed by atoms with Crippen molar-refractivity contribution in [1.82, 2.24) is 19.4 Å². The van der Waals surface area contributed by atoms with Crippen molar-refractivity contribution in [3.8, 4) is 17.1 Å². The van der Waals surface area contributed by atoms with Crippen molar-refractivity contribution in [3.05, 3.63) is 53.7 Å². The molecule has 4 N–H and O–H groups in total.